The van der Waals surface area contributed by atoms with Crippen molar-refractivity contribution in [3.63, 3.8) is 0 Å². The summed E-state index contributed by atoms with van der Waals surface area (Å²) in [6.45, 7) is 1.85. The molecule has 1 atom stereocenters. The number of carbonyl (C=O) groups excluding carboxylic acids is 2. The fourth-order valence-electron chi connectivity index (χ4n) is 2.52. The summed E-state index contributed by atoms with van der Waals surface area (Å²) in [6.07, 6.45) is 3.52. The molecule has 1 aliphatic carbocycles. The van der Waals surface area contributed by atoms with Gasteiger partial charge in [0.2, 0.25) is 11.8 Å². The van der Waals surface area contributed by atoms with Crippen molar-refractivity contribution in [1.29, 1.82) is 0 Å². The molecule has 19 heavy (non-hydrogen) atoms. The highest BCUT2D eigenvalue weighted by molar-refractivity contribution is 5.78. The average Bonchev–Trinajstić information content (AvgIpc) is 2.39. The molecule has 4 heteroatoms. The van der Waals surface area contributed by atoms with E-state index in [-0.39, 0.29) is 17.9 Å². The molecular weight excluding hydrogens is 240 g/mol. The quantitative estimate of drug-likeness (QED) is 0.865. The maximum Gasteiger partial charge on any atom is 0.222 e. The highest BCUT2D eigenvalue weighted by Crippen LogP contribution is 2.29. The molecule has 0 heterocycles. The van der Waals surface area contributed by atoms with Crippen LogP contribution in [0.15, 0.2) is 24.3 Å². The topological polar surface area (TPSA) is 58.2 Å². The molecule has 0 saturated carbocycles. The molecule has 0 unspecified atom stereocenters. The first-order chi connectivity index (χ1) is 9.16. The maximum atomic E-state index is 11.8. The predicted octanol–water partition coefficient (Wildman–Crippen LogP) is 1.71. The predicted molar refractivity (Wildman–Crippen MR) is 73.6 cm³/mol. The van der Waals surface area contributed by atoms with Gasteiger partial charge in [0.05, 0.1) is 6.04 Å². The van der Waals surface area contributed by atoms with Crippen LogP contribution in [-0.4, -0.2) is 18.4 Å². The van der Waals surface area contributed by atoms with E-state index in [1.807, 2.05) is 12.1 Å². The number of fused-ring (bicyclic) bond motifs is 1. The van der Waals surface area contributed by atoms with E-state index in [0.717, 1.165) is 19.3 Å². The molecule has 0 spiro atoms. The van der Waals surface area contributed by atoms with E-state index in [2.05, 4.69) is 22.8 Å². The van der Waals surface area contributed by atoms with Crippen LogP contribution in [-0.2, 0) is 16.0 Å². The van der Waals surface area contributed by atoms with Crippen LogP contribution in [0.4, 0.5) is 0 Å². The first-order valence-electron chi connectivity index (χ1n) is 6.78. The van der Waals surface area contributed by atoms with Gasteiger partial charge in [0.1, 0.15) is 0 Å². The summed E-state index contributed by atoms with van der Waals surface area (Å²) in [7, 11) is 0. The molecule has 0 bridgehead atoms. The fourth-order valence-corrected chi connectivity index (χ4v) is 2.52. The lowest BCUT2D eigenvalue weighted by Gasteiger charge is -2.26. The van der Waals surface area contributed by atoms with E-state index in [9.17, 15) is 9.59 Å². The summed E-state index contributed by atoms with van der Waals surface area (Å²) in [5.41, 5.74) is 2.57. The molecule has 1 aromatic rings. The molecule has 2 N–H and O–H groups in total. The summed E-state index contributed by atoms with van der Waals surface area (Å²) < 4.78 is 0. The third kappa shape index (κ3) is 3.81. The Hall–Kier alpha value is -1.84. The lowest BCUT2D eigenvalue weighted by atomic mass is 9.88. The molecule has 1 aliphatic rings. The van der Waals surface area contributed by atoms with Crippen LogP contribution in [0.1, 0.15) is 43.4 Å². The third-order valence-corrected chi connectivity index (χ3v) is 3.43. The highest BCUT2D eigenvalue weighted by Gasteiger charge is 2.20. The standard InChI is InChI=1S/C15H20N2O2/c1-11(18)16-10-9-15(19)17-14-8-4-6-12-5-2-3-7-13(12)14/h2-3,5,7,14H,4,6,8-10H2,1H3,(H,16,18)(H,17,19)/t14-/m1/s1. The number of rotatable bonds is 4. The lowest BCUT2D eigenvalue weighted by Crippen LogP contribution is -2.33. The Morgan fingerprint density at radius 2 is 2.11 bits per heavy atom. The summed E-state index contributed by atoms with van der Waals surface area (Å²) in [4.78, 5) is 22.6. The van der Waals surface area contributed by atoms with Crippen molar-refractivity contribution in [2.45, 2.75) is 38.6 Å². The van der Waals surface area contributed by atoms with Crippen LogP contribution >= 0.6 is 0 Å². The average molecular weight is 260 g/mol. The van der Waals surface area contributed by atoms with Crippen molar-refractivity contribution in [2.75, 3.05) is 6.54 Å². The number of hydrogen-bond acceptors (Lipinski definition) is 2. The van der Waals surface area contributed by atoms with Crippen molar-refractivity contribution in [2.24, 2.45) is 0 Å². The Bertz CT molecular complexity index is 471. The number of benzene rings is 1. The molecule has 102 valence electrons. The fraction of sp³-hybridized carbons (Fsp3) is 0.467. The normalized spacial score (nSPS) is 17.4. The minimum atomic E-state index is -0.101. The van der Waals surface area contributed by atoms with Crippen LogP contribution < -0.4 is 10.6 Å². The lowest BCUT2D eigenvalue weighted by molar-refractivity contribution is -0.122. The summed E-state index contributed by atoms with van der Waals surface area (Å²) in [5, 5.41) is 5.69. The van der Waals surface area contributed by atoms with Crippen LogP contribution in [0.25, 0.3) is 0 Å². The number of aryl methyl sites for hydroxylation is 1. The minimum absolute atomic E-state index is 0.00421. The van der Waals surface area contributed by atoms with Crippen molar-refractivity contribution >= 4 is 11.8 Å². The van der Waals surface area contributed by atoms with Gasteiger partial charge in [-0.25, -0.2) is 0 Å². The van der Waals surface area contributed by atoms with Gasteiger partial charge in [0.25, 0.3) is 0 Å². The first-order valence-corrected chi connectivity index (χ1v) is 6.78. The number of amides is 2. The van der Waals surface area contributed by atoms with E-state index in [1.54, 1.807) is 0 Å². The molecule has 2 rings (SSSR count). The van der Waals surface area contributed by atoms with Crippen molar-refractivity contribution in [3.05, 3.63) is 35.4 Å². The smallest absolute Gasteiger partial charge is 0.222 e. The second kappa shape index (κ2) is 6.36. The maximum absolute atomic E-state index is 11.8. The van der Waals surface area contributed by atoms with Crippen LogP contribution in [0, 0.1) is 0 Å². The molecule has 0 aromatic heterocycles. The van der Waals surface area contributed by atoms with E-state index >= 15 is 0 Å². The summed E-state index contributed by atoms with van der Waals surface area (Å²) >= 11 is 0. The SMILES string of the molecule is CC(=O)NCCC(=O)N[C@@H]1CCCc2ccccc21. The van der Waals surface area contributed by atoms with E-state index in [1.165, 1.54) is 18.1 Å². The first kappa shape index (κ1) is 13.6. The van der Waals surface area contributed by atoms with Gasteiger partial charge >= 0.3 is 0 Å². The van der Waals surface area contributed by atoms with E-state index < -0.39 is 0 Å². The molecular formula is C15H20N2O2. The Balaban J connectivity index is 1.90. The van der Waals surface area contributed by atoms with Crippen molar-refractivity contribution < 1.29 is 9.59 Å². The minimum Gasteiger partial charge on any atom is -0.356 e. The number of nitrogens with one attached hydrogen (secondary N) is 2. The molecule has 0 radical (unpaired) electrons. The van der Waals surface area contributed by atoms with Gasteiger partial charge in [0, 0.05) is 19.9 Å². The third-order valence-electron chi connectivity index (χ3n) is 3.43. The Labute approximate surface area is 113 Å². The van der Waals surface area contributed by atoms with Crippen LogP contribution in [0.2, 0.25) is 0 Å². The second-order valence-corrected chi connectivity index (χ2v) is 4.94. The van der Waals surface area contributed by atoms with E-state index in [0.29, 0.717) is 13.0 Å². The molecule has 0 aliphatic heterocycles. The van der Waals surface area contributed by atoms with E-state index in [4.69, 9.17) is 0 Å². The molecule has 0 fully saturated rings. The van der Waals surface area contributed by atoms with Crippen molar-refractivity contribution in [3.8, 4) is 0 Å². The largest absolute Gasteiger partial charge is 0.356 e. The van der Waals surface area contributed by atoms with Crippen LogP contribution in [0.3, 0.4) is 0 Å². The van der Waals surface area contributed by atoms with Gasteiger partial charge in [-0.3, -0.25) is 9.59 Å². The second-order valence-electron chi connectivity index (χ2n) is 4.94. The highest BCUT2D eigenvalue weighted by atomic mass is 16.2. The Kier molecular flexibility index (Phi) is 4.55. The van der Waals surface area contributed by atoms with Crippen molar-refractivity contribution in [1.82, 2.24) is 10.6 Å². The summed E-state index contributed by atoms with van der Waals surface area (Å²) in [5.74, 6) is -0.105. The van der Waals surface area contributed by atoms with Gasteiger partial charge in [-0.1, -0.05) is 24.3 Å². The van der Waals surface area contributed by atoms with Gasteiger partial charge < -0.3 is 10.6 Å². The molecule has 2 amide bonds. The zero-order valence-electron chi connectivity index (χ0n) is 11.2. The van der Waals surface area contributed by atoms with Gasteiger partial charge in [0.15, 0.2) is 0 Å². The summed E-state index contributed by atoms with van der Waals surface area (Å²) in [6, 6.07) is 8.40. The van der Waals surface area contributed by atoms with Crippen LogP contribution in [0.5, 0.6) is 0 Å². The Morgan fingerprint density at radius 3 is 2.89 bits per heavy atom. The zero-order chi connectivity index (χ0) is 13.7. The molecule has 4 nitrogen and oxygen atoms in total. The Morgan fingerprint density at radius 1 is 1.32 bits per heavy atom. The molecule has 0 saturated heterocycles. The molecule has 1 aromatic carbocycles. The van der Waals surface area contributed by atoms with Gasteiger partial charge in [-0.05, 0) is 30.4 Å². The van der Waals surface area contributed by atoms with Gasteiger partial charge in [-0.15, -0.1) is 0 Å². The number of carbonyl (C=O) groups is 2. The van der Waals surface area contributed by atoms with Gasteiger partial charge in [-0.2, -0.15) is 0 Å². The zero-order valence-corrected chi connectivity index (χ0v) is 11.2. The number of hydrogen-bond donors (Lipinski definition) is 2. The monoisotopic (exact) mass is 260 g/mol.